The van der Waals surface area contributed by atoms with Crippen molar-refractivity contribution >= 4 is 22.4 Å². The van der Waals surface area contributed by atoms with Gasteiger partial charge >= 0.3 is 0 Å². The van der Waals surface area contributed by atoms with Crippen LogP contribution in [0.15, 0.2) is 22.8 Å². The summed E-state index contributed by atoms with van der Waals surface area (Å²) in [6, 6.07) is 3.00. The van der Waals surface area contributed by atoms with Gasteiger partial charge in [-0.2, -0.15) is 0 Å². The van der Waals surface area contributed by atoms with Crippen molar-refractivity contribution in [1.82, 2.24) is 10.2 Å². The quantitative estimate of drug-likeness (QED) is 0.878. The standard InChI is InChI=1S/C11H14N4O2S/c1-6(2)8(12)9(16)13-11-15-14-10(18-11)7-4-3-5-17-7/h3-6,8H,12H2,1-2H3,(H,13,15,16). The van der Waals surface area contributed by atoms with E-state index < -0.39 is 6.04 Å². The zero-order valence-corrected chi connectivity index (χ0v) is 10.9. The van der Waals surface area contributed by atoms with Gasteiger partial charge in [0.05, 0.1) is 12.3 Å². The van der Waals surface area contributed by atoms with Gasteiger partial charge in [0, 0.05) is 0 Å². The molecule has 1 amide bonds. The number of rotatable bonds is 4. The Hall–Kier alpha value is -1.73. The summed E-state index contributed by atoms with van der Waals surface area (Å²) in [5, 5.41) is 11.5. The van der Waals surface area contributed by atoms with Crippen LogP contribution in [0.5, 0.6) is 0 Å². The highest BCUT2D eigenvalue weighted by Gasteiger charge is 2.19. The van der Waals surface area contributed by atoms with Gasteiger partial charge in [0.1, 0.15) is 0 Å². The third-order valence-electron chi connectivity index (χ3n) is 2.41. The maximum Gasteiger partial charge on any atom is 0.243 e. The first-order valence-corrected chi connectivity index (χ1v) is 6.33. The van der Waals surface area contributed by atoms with Crippen molar-refractivity contribution in [3.05, 3.63) is 18.4 Å². The fourth-order valence-corrected chi connectivity index (χ4v) is 1.98. The first kappa shape index (κ1) is 12.7. The van der Waals surface area contributed by atoms with E-state index in [9.17, 15) is 4.79 Å². The Morgan fingerprint density at radius 1 is 1.50 bits per heavy atom. The molecule has 6 nitrogen and oxygen atoms in total. The van der Waals surface area contributed by atoms with E-state index in [0.29, 0.717) is 15.9 Å². The predicted molar refractivity (Wildman–Crippen MR) is 69.1 cm³/mol. The highest BCUT2D eigenvalue weighted by molar-refractivity contribution is 7.18. The highest BCUT2D eigenvalue weighted by atomic mass is 32.1. The summed E-state index contributed by atoms with van der Waals surface area (Å²) in [6.45, 7) is 3.78. The number of carbonyl (C=O) groups is 1. The SMILES string of the molecule is CC(C)C(N)C(=O)Nc1nnc(-c2ccco2)s1. The summed E-state index contributed by atoms with van der Waals surface area (Å²) in [6.07, 6.45) is 1.56. The van der Waals surface area contributed by atoms with Gasteiger partial charge in [-0.1, -0.05) is 25.2 Å². The van der Waals surface area contributed by atoms with E-state index in [0.717, 1.165) is 0 Å². The van der Waals surface area contributed by atoms with Crippen molar-refractivity contribution < 1.29 is 9.21 Å². The van der Waals surface area contributed by atoms with Crippen molar-refractivity contribution in [2.45, 2.75) is 19.9 Å². The molecule has 1 atom stereocenters. The van der Waals surface area contributed by atoms with Gasteiger partial charge in [0.15, 0.2) is 10.8 Å². The number of amides is 1. The van der Waals surface area contributed by atoms with Crippen LogP contribution in [0.1, 0.15) is 13.8 Å². The highest BCUT2D eigenvalue weighted by Crippen LogP contribution is 2.26. The van der Waals surface area contributed by atoms with E-state index in [2.05, 4.69) is 15.5 Å². The number of furan rings is 1. The topological polar surface area (TPSA) is 94.0 Å². The lowest BCUT2D eigenvalue weighted by Gasteiger charge is -2.13. The normalized spacial score (nSPS) is 12.7. The van der Waals surface area contributed by atoms with Crippen LogP contribution >= 0.6 is 11.3 Å². The maximum absolute atomic E-state index is 11.7. The Morgan fingerprint density at radius 3 is 2.89 bits per heavy atom. The van der Waals surface area contributed by atoms with E-state index in [1.165, 1.54) is 11.3 Å². The number of aromatic nitrogens is 2. The molecule has 0 saturated carbocycles. The zero-order valence-electron chi connectivity index (χ0n) is 10.1. The lowest BCUT2D eigenvalue weighted by Crippen LogP contribution is -2.39. The van der Waals surface area contributed by atoms with Gasteiger partial charge in [0.25, 0.3) is 0 Å². The number of nitrogens with one attached hydrogen (secondary N) is 1. The van der Waals surface area contributed by atoms with Gasteiger partial charge in [0.2, 0.25) is 11.0 Å². The molecular weight excluding hydrogens is 252 g/mol. The van der Waals surface area contributed by atoms with Crippen molar-refractivity contribution in [3.63, 3.8) is 0 Å². The molecule has 2 rings (SSSR count). The molecule has 1 unspecified atom stereocenters. The third kappa shape index (κ3) is 2.74. The minimum absolute atomic E-state index is 0.0717. The van der Waals surface area contributed by atoms with Crippen molar-refractivity contribution in [2.24, 2.45) is 11.7 Å². The van der Waals surface area contributed by atoms with Crippen molar-refractivity contribution in [1.29, 1.82) is 0 Å². The molecule has 0 aliphatic carbocycles. The first-order valence-electron chi connectivity index (χ1n) is 5.51. The average Bonchev–Trinajstić information content (AvgIpc) is 2.96. The van der Waals surface area contributed by atoms with E-state index in [-0.39, 0.29) is 11.8 Å². The molecular formula is C11H14N4O2S. The summed E-state index contributed by atoms with van der Waals surface area (Å²) in [5.41, 5.74) is 5.74. The molecule has 0 spiro atoms. The zero-order chi connectivity index (χ0) is 13.1. The molecule has 3 N–H and O–H groups in total. The van der Waals surface area contributed by atoms with Gasteiger partial charge in [-0.3, -0.25) is 10.1 Å². The lowest BCUT2D eigenvalue weighted by atomic mass is 10.1. The number of hydrogen-bond donors (Lipinski definition) is 2. The molecule has 2 heterocycles. The molecule has 0 aliphatic rings. The molecule has 0 saturated heterocycles. The maximum atomic E-state index is 11.7. The van der Waals surface area contributed by atoms with Crippen LogP contribution in [0.3, 0.4) is 0 Å². The van der Waals surface area contributed by atoms with Crippen LogP contribution in [0.25, 0.3) is 10.8 Å². The number of nitrogens with two attached hydrogens (primary N) is 1. The monoisotopic (exact) mass is 266 g/mol. The summed E-state index contributed by atoms with van der Waals surface area (Å²) in [7, 11) is 0. The lowest BCUT2D eigenvalue weighted by molar-refractivity contribution is -0.118. The van der Waals surface area contributed by atoms with Gasteiger partial charge in [-0.05, 0) is 18.1 Å². The molecule has 0 aliphatic heterocycles. The predicted octanol–water partition coefficient (Wildman–Crippen LogP) is 1.72. The summed E-state index contributed by atoms with van der Waals surface area (Å²) >= 11 is 1.24. The smallest absolute Gasteiger partial charge is 0.243 e. The Bertz CT molecular complexity index is 521. The number of hydrogen-bond acceptors (Lipinski definition) is 6. The molecule has 0 bridgehead atoms. The summed E-state index contributed by atoms with van der Waals surface area (Å²) in [4.78, 5) is 11.7. The molecule has 0 radical (unpaired) electrons. The second-order valence-electron chi connectivity index (χ2n) is 4.15. The molecule has 7 heteroatoms. The Balaban J connectivity index is 2.05. The van der Waals surface area contributed by atoms with E-state index in [4.69, 9.17) is 10.2 Å². The van der Waals surface area contributed by atoms with E-state index >= 15 is 0 Å². The van der Waals surface area contributed by atoms with Gasteiger partial charge in [-0.15, -0.1) is 10.2 Å². The average molecular weight is 266 g/mol. The Kier molecular flexibility index (Phi) is 3.73. The van der Waals surface area contributed by atoms with Crippen LogP contribution in [-0.4, -0.2) is 22.1 Å². The molecule has 2 aromatic heterocycles. The fourth-order valence-electron chi connectivity index (χ4n) is 1.27. The molecule has 18 heavy (non-hydrogen) atoms. The number of nitrogens with zero attached hydrogens (tertiary/aromatic N) is 2. The number of anilines is 1. The van der Waals surface area contributed by atoms with Crippen LogP contribution < -0.4 is 11.1 Å². The van der Waals surface area contributed by atoms with E-state index in [1.807, 2.05) is 13.8 Å². The Labute approximate surface area is 108 Å². The first-order chi connectivity index (χ1) is 8.58. The van der Waals surface area contributed by atoms with Crippen LogP contribution in [-0.2, 0) is 4.79 Å². The van der Waals surface area contributed by atoms with Crippen molar-refractivity contribution in [3.8, 4) is 10.8 Å². The minimum atomic E-state index is -0.555. The van der Waals surface area contributed by atoms with Crippen LogP contribution in [0, 0.1) is 5.92 Å². The summed E-state index contributed by atoms with van der Waals surface area (Å²) in [5.74, 6) is 0.441. The molecule has 0 fully saturated rings. The van der Waals surface area contributed by atoms with Gasteiger partial charge in [-0.25, -0.2) is 0 Å². The van der Waals surface area contributed by atoms with Crippen molar-refractivity contribution in [2.75, 3.05) is 5.32 Å². The largest absolute Gasteiger partial charge is 0.462 e. The Morgan fingerprint density at radius 2 is 2.28 bits per heavy atom. The van der Waals surface area contributed by atoms with E-state index in [1.54, 1.807) is 18.4 Å². The second-order valence-corrected chi connectivity index (χ2v) is 5.13. The fraction of sp³-hybridized carbons (Fsp3) is 0.364. The van der Waals surface area contributed by atoms with Crippen LogP contribution in [0.2, 0.25) is 0 Å². The summed E-state index contributed by atoms with van der Waals surface area (Å²) < 4.78 is 5.19. The minimum Gasteiger partial charge on any atom is -0.462 e. The number of carbonyl (C=O) groups excluding carboxylic acids is 1. The van der Waals surface area contributed by atoms with Crippen LogP contribution in [0.4, 0.5) is 5.13 Å². The molecule has 0 aromatic carbocycles. The second kappa shape index (κ2) is 5.28. The molecule has 96 valence electrons. The molecule has 2 aromatic rings. The third-order valence-corrected chi connectivity index (χ3v) is 3.26. The van der Waals surface area contributed by atoms with Gasteiger partial charge < -0.3 is 10.2 Å².